The molecule has 0 saturated carbocycles. The van der Waals surface area contributed by atoms with Crippen LogP contribution in [0, 0.1) is 12.8 Å². The number of aryl methyl sites for hydroxylation is 1. The van der Waals surface area contributed by atoms with Crippen LogP contribution in [0.3, 0.4) is 0 Å². The van der Waals surface area contributed by atoms with Crippen molar-refractivity contribution in [2.75, 3.05) is 26.3 Å². The number of likely N-dealkylation sites (tertiary alicyclic amines) is 1. The lowest BCUT2D eigenvalue weighted by Gasteiger charge is -2.19. The Bertz CT molecular complexity index is 469. The molecule has 0 aliphatic carbocycles. The summed E-state index contributed by atoms with van der Waals surface area (Å²) < 4.78 is 11.1. The van der Waals surface area contributed by atoms with Crippen molar-refractivity contribution in [1.29, 1.82) is 0 Å². The lowest BCUT2D eigenvalue weighted by Crippen LogP contribution is -2.36. The molecule has 1 aromatic rings. The van der Waals surface area contributed by atoms with E-state index in [9.17, 15) is 4.79 Å². The van der Waals surface area contributed by atoms with E-state index in [2.05, 4.69) is 4.98 Å². The molecule has 108 valence electrons. The maximum Gasteiger partial charge on any atom is 0.228 e. The molecule has 5 nitrogen and oxygen atoms in total. The molecular formula is C15H20N2O3. The molecule has 0 N–H and O–H groups in total. The van der Waals surface area contributed by atoms with Crippen LogP contribution in [0.1, 0.15) is 18.4 Å². The van der Waals surface area contributed by atoms with Gasteiger partial charge in [-0.1, -0.05) is 6.07 Å². The van der Waals surface area contributed by atoms with Gasteiger partial charge in [0.1, 0.15) is 6.10 Å². The number of rotatable bonds is 3. The molecule has 0 radical (unpaired) electrons. The van der Waals surface area contributed by atoms with Crippen LogP contribution >= 0.6 is 0 Å². The summed E-state index contributed by atoms with van der Waals surface area (Å²) in [5.74, 6) is 0.899. The topological polar surface area (TPSA) is 51.7 Å². The third kappa shape index (κ3) is 2.93. The second-order valence-corrected chi connectivity index (χ2v) is 5.55. The Morgan fingerprint density at radius 3 is 3.05 bits per heavy atom. The van der Waals surface area contributed by atoms with Crippen molar-refractivity contribution in [2.45, 2.75) is 25.9 Å². The zero-order valence-electron chi connectivity index (χ0n) is 11.7. The molecule has 1 amide bonds. The molecule has 0 bridgehead atoms. The fourth-order valence-electron chi connectivity index (χ4n) is 2.71. The van der Waals surface area contributed by atoms with Crippen molar-refractivity contribution in [2.24, 2.45) is 5.92 Å². The molecule has 2 atom stereocenters. The van der Waals surface area contributed by atoms with Gasteiger partial charge in [-0.2, -0.15) is 0 Å². The van der Waals surface area contributed by atoms with Crippen LogP contribution in [-0.4, -0.2) is 48.2 Å². The molecule has 5 heteroatoms. The highest BCUT2D eigenvalue weighted by Crippen LogP contribution is 2.21. The summed E-state index contributed by atoms with van der Waals surface area (Å²) in [6.45, 7) is 4.70. The Balaban J connectivity index is 1.54. The van der Waals surface area contributed by atoms with Gasteiger partial charge < -0.3 is 14.4 Å². The van der Waals surface area contributed by atoms with Gasteiger partial charge in [-0.25, -0.2) is 4.98 Å². The first-order valence-electron chi connectivity index (χ1n) is 7.18. The van der Waals surface area contributed by atoms with Crippen molar-refractivity contribution in [3.63, 3.8) is 0 Å². The molecule has 3 rings (SSSR count). The summed E-state index contributed by atoms with van der Waals surface area (Å²) in [5, 5.41) is 0. The smallest absolute Gasteiger partial charge is 0.228 e. The Morgan fingerprint density at radius 2 is 2.35 bits per heavy atom. The van der Waals surface area contributed by atoms with E-state index >= 15 is 0 Å². The predicted molar refractivity (Wildman–Crippen MR) is 73.5 cm³/mol. The van der Waals surface area contributed by atoms with E-state index < -0.39 is 0 Å². The molecule has 0 aromatic carbocycles. The van der Waals surface area contributed by atoms with Crippen molar-refractivity contribution < 1.29 is 14.3 Å². The summed E-state index contributed by atoms with van der Waals surface area (Å²) in [4.78, 5) is 18.4. The number of aromatic nitrogens is 1. The molecular weight excluding hydrogens is 256 g/mol. The summed E-state index contributed by atoms with van der Waals surface area (Å²) in [6, 6.07) is 3.86. The van der Waals surface area contributed by atoms with Gasteiger partial charge in [0.2, 0.25) is 11.8 Å². The lowest BCUT2D eigenvalue weighted by molar-refractivity contribution is -0.134. The van der Waals surface area contributed by atoms with Crippen molar-refractivity contribution in [3.05, 3.63) is 23.9 Å². The minimum absolute atomic E-state index is 0.0475. The molecule has 2 fully saturated rings. The average molecular weight is 276 g/mol. The van der Waals surface area contributed by atoms with Gasteiger partial charge in [0.05, 0.1) is 19.1 Å². The average Bonchev–Trinajstić information content (AvgIpc) is 3.12. The first kappa shape index (κ1) is 13.4. The van der Waals surface area contributed by atoms with Gasteiger partial charge in [0.25, 0.3) is 0 Å². The second kappa shape index (κ2) is 5.79. The number of nitrogens with zero attached hydrogens (tertiary/aromatic N) is 2. The third-order valence-corrected chi connectivity index (χ3v) is 3.91. The van der Waals surface area contributed by atoms with Crippen molar-refractivity contribution in [1.82, 2.24) is 9.88 Å². The van der Waals surface area contributed by atoms with Crippen LogP contribution in [0.5, 0.6) is 5.88 Å². The van der Waals surface area contributed by atoms with Gasteiger partial charge in [-0.3, -0.25) is 4.79 Å². The highest BCUT2D eigenvalue weighted by Gasteiger charge is 2.33. The van der Waals surface area contributed by atoms with Gasteiger partial charge in [0.15, 0.2) is 0 Å². The van der Waals surface area contributed by atoms with E-state index in [0.29, 0.717) is 25.6 Å². The van der Waals surface area contributed by atoms with Gasteiger partial charge in [-0.15, -0.1) is 0 Å². The van der Waals surface area contributed by atoms with E-state index in [4.69, 9.17) is 9.47 Å². The fourth-order valence-corrected chi connectivity index (χ4v) is 2.71. The number of hydrogen-bond donors (Lipinski definition) is 0. The Labute approximate surface area is 118 Å². The minimum atomic E-state index is 0.0475. The van der Waals surface area contributed by atoms with E-state index in [1.807, 2.05) is 24.0 Å². The van der Waals surface area contributed by atoms with Crippen LogP contribution in [0.25, 0.3) is 0 Å². The first-order valence-corrected chi connectivity index (χ1v) is 7.18. The molecule has 2 aliphatic heterocycles. The molecule has 2 aliphatic rings. The number of carbonyl (C=O) groups excluding carboxylic acids is 1. The quantitative estimate of drug-likeness (QED) is 0.837. The number of carbonyl (C=O) groups is 1. The van der Waals surface area contributed by atoms with Crippen LogP contribution in [0.4, 0.5) is 0 Å². The maximum absolute atomic E-state index is 12.3. The molecule has 0 spiro atoms. The van der Waals surface area contributed by atoms with Crippen LogP contribution in [0.15, 0.2) is 18.3 Å². The second-order valence-electron chi connectivity index (χ2n) is 5.55. The van der Waals surface area contributed by atoms with Crippen LogP contribution in [-0.2, 0) is 9.53 Å². The summed E-state index contributed by atoms with van der Waals surface area (Å²) in [6.07, 6.45) is 3.56. The van der Waals surface area contributed by atoms with Crippen molar-refractivity contribution in [3.8, 4) is 5.88 Å². The number of ether oxygens (including phenoxy) is 2. The Morgan fingerprint density at radius 1 is 1.45 bits per heavy atom. The Hall–Kier alpha value is -1.62. The first-order chi connectivity index (χ1) is 9.72. The zero-order valence-corrected chi connectivity index (χ0v) is 11.7. The molecule has 2 unspecified atom stereocenters. The SMILES string of the molecule is Cc1ccc(OC2CCN(C(=O)C3CCOC3)C2)nc1. The summed E-state index contributed by atoms with van der Waals surface area (Å²) >= 11 is 0. The standard InChI is InChI=1S/C15H20N2O3/c1-11-2-3-14(16-8-11)20-13-4-6-17(9-13)15(18)12-5-7-19-10-12/h2-3,8,12-13H,4-7,9-10H2,1H3. The van der Waals surface area contributed by atoms with Crippen molar-refractivity contribution >= 4 is 5.91 Å². The van der Waals surface area contributed by atoms with E-state index in [1.54, 1.807) is 6.20 Å². The maximum atomic E-state index is 12.3. The predicted octanol–water partition coefficient (Wildman–Crippen LogP) is 1.41. The monoisotopic (exact) mass is 276 g/mol. The van der Waals surface area contributed by atoms with Gasteiger partial charge in [-0.05, 0) is 18.9 Å². The summed E-state index contributed by atoms with van der Waals surface area (Å²) in [7, 11) is 0. The van der Waals surface area contributed by atoms with Gasteiger partial charge in [0, 0.05) is 31.8 Å². The normalized spacial score (nSPS) is 25.9. The summed E-state index contributed by atoms with van der Waals surface area (Å²) in [5.41, 5.74) is 1.11. The number of pyridine rings is 1. The molecule has 20 heavy (non-hydrogen) atoms. The molecule has 3 heterocycles. The lowest BCUT2D eigenvalue weighted by atomic mass is 10.1. The van der Waals surface area contributed by atoms with Crippen LogP contribution in [0.2, 0.25) is 0 Å². The highest BCUT2D eigenvalue weighted by atomic mass is 16.5. The Kier molecular flexibility index (Phi) is 3.87. The van der Waals surface area contributed by atoms with Gasteiger partial charge >= 0.3 is 0 Å². The molecule has 2 saturated heterocycles. The highest BCUT2D eigenvalue weighted by molar-refractivity contribution is 5.79. The van der Waals surface area contributed by atoms with E-state index in [1.165, 1.54) is 0 Å². The minimum Gasteiger partial charge on any atom is -0.472 e. The number of amides is 1. The van der Waals surface area contributed by atoms with E-state index in [-0.39, 0.29) is 17.9 Å². The number of hydrogen-bond acceptors (Lipinski definition) is 4. The zero-order chi connectivity index (χ0) is 13.9. The van der Waals surface area contributed by atoms with Crippen LogP contribution < -0.4 is 4.74 Å². The third-order valence-electron chi connectivity index (χ3n) is 3.91. The molecule has 1 aromatic heterocycles. The largest absolute Gasteiger partial charge is 0.472 e. The fraction of sp³-hybridized carbons (Fsp3) is 0.600. The van der Waals surface area contributed by atoms with E-state index in [0.717, 1.165) is 24.9 Å².